The molecule has 6 heteroatoms. The van der Waals surface area contributed by atoms with Crippen LogP contribution in [-0.4, -0.2) is 12.0 Å². The van der Waals surface area contributed by atoms with Gasteiger partial charge < -0.3 is 10.1 Å². The number of hydrogen-bond donors (Lipinski definition) is 1. The second kappa shape index (κ2) is 7.43. The summed E-state index contributed by atoms with van der Waals surface area (Å²) in [4.78, 5) is 12.3. The maximum atomic E-state index is 12.3. The van der Waals surface area contributed by atoms with Gasteiger partial charge in [-0.1, -0.05) is 52.5 Å². The van der Waals surface area contributed by atoms with Gasteiger partial charge in [0.1, 0.15) is 5.75 Å². The molecule has 0 radical (unpaired) electrons. The van der Waals surface area contributed by atoms with Gasteiger partial charge in [-0.25, -0.2) is 0 Å². The highest BCUT2D eigenvalue weighted by molar-refractivity contribution is 6.44. The highest BCUT2D eigenvalue weighted by Crippen LogP contribution is 2.32. The second-order valence-electron chi connectivity index (χ2n) is 5.26. The molecule has 0 aliphatic rings. The van der Waals surface area contributed by atoms with Crippen molar-refractivity contribution in [2.45, 2.75) is 26.9 Å². The zero-order chi connectivity index (χ0) is 17.1. The minimum Gasteiger partial charge on any atom is -0.481 e. The predicted molar refractivity (Wildman–Crippen MR) is 96.1 cm³/mol. The molecule has 1 atom stereocenters. The van der Waals surface area contributed by atoms with Crippen molar-refractivity contribution in [3.8, 4) is 5.75 Å². The van der Waals surface area contributed by atoms with Crippen LogP contribution in [0.5, 0.6) is 5.75 Å². The van der Waals surface area contributed by atoms with Gasteiger partial charge >= 0.3 is 0 Å². The summed E-state index contributed by atoms with van der Waals surface area (Å²) in [7, 11) is 0. The van der Waals surface area contributed by atoms with Gasteiger partial charge in [-0.05, 0) is 44.5 Å². The fraction of sp³-hybridized carbons (Fsp3) is 0.235. The molecule has 2 rings (SSSR count). The number of aryl methyl sites for hydroxylation is 2. The highest BCUT2D eigenvalue weighted by atomic mass is 35.5. The number of ether oxygens (including phenoxy) is 1. The van der Waals surface area contributed by atoms with E-state index < -0.39 is 6.10 Å². The molecule has 122 valence electrons. The van der Waals surface area contributed by atoms with Crippen LogP contribution in [0.25, 0.3) is 0 Å². The van der Waals surface area contributed by atoms with Gasteiger partial charge in [-0.3, -0.25) is 4.79 Å². The molecule has 0 aromatic heterocycles. The Morgan fingerprint density at radius 1 is 1.04 bits per heavy atom. The first-order valence-electron chi connectivity index (χ1n) is 6.97. The summed E-state index contributed by atoms with van der Waals surface area (Å²) in [6.45, 7) is 5.60. The third kappa shape index (κ3) is 4.54. The van der Waals surface area contributed by atoms with Gasteiger partial charge in [0.2, 0.25) is 0 Å². The Bertz CT molecular complexity index is 747. The molecule has 1 N–H and O–H groups in total. The average molecular weight is 373 g/mol. The third-order valence-corrected chi connectivity index (χ3v) is 4.31. The van der Waals surface area contributed by atoms with Gasteiger partial charge in [0.05, 0.1) is 20.8 Å². The minimum absolute atomic E-state index is 0.312. The molecule has 2 aromatic rings. The first-order chi connectivity index (χ1) is 10.8. The van der Waals surface area contributed by atoms with Crippen LogP contribution in [0.1, 0.15) is 18.1 Å². The van der Waals surface area contributed by atoms with Crippen molar-refractivity contribution in [2.24, 2.45) is 0 Å². The van der Waals surface area contributed by atoms with E-state index in [-0.39, 0.29) is 5.91 Å². The van der Waals surface area contributed by atoms with Gasteiger partial charge in [-0.2, -0.15) is 0 Å². The molecular formula is C17H16Cl3NO2. The molecule has 3 nitrogen and oxygen atoms in total. The summed E-state index contributed by atoms with van der Waals surface area (Å²) >= 11 is 17.9. The van der Waals surface area contributed by atoms with Gasteiger partial charge in [0, 0.05) is 0 Å². The Morgan fingerprint density at radius 2 is 1.70 bits per heavy atom. The number of rotatable bonds is 4. The molecule has 2 aromatic carbocycles. The highest BCUT2D eigenvalue weighted by Gasteiger charge is 2.18. The molecule has 0 aliphatic heterocycles. The number of hydrogen-bond acceptors (Lipinski definition) is 2. The van der Waals surface area contributed by atoms with Crippen molar-refractivity contribution in [3.63, 3.8) is 0 Å². The lowest BCUT2D eigenvalue weighted by Crippen LogP contribution is -2.30. The number of amides is 1. The molecule has 0 saturated carbocycles. The van der Waals surface area contributed by atoms with E-state index in [2.05, 4.69) is 5.32 Å². The number of anilines is 1. The number of carbonyl (C=O) groups excluding carboxylic acids is 1. The van der Waals surface area contributed by atoms with Crippen molar-refractivity contribution >= 4 is 46.4 Å². The van der Waals surface area contributed by atoms with Gasteiger partial charge in [0.25, 0.3) is 5.91 Å². The first kappa shape index (κ1) is 17.9. The van der Waals surface area contributed by atoms with Crippen LogP contribution in [0.2, 0.25) is 15.1 Å². The molecule has 0 fully saturated rings. The molecule has 0 aliphatic carbocycles. The number of benzene rings is 2. The monoisotopic (exact) mass is 371 g/mol. The predicted octanol–water partition coefficient (Wildman–Crippen LogP) is 5.67. The van der Waals surface area contributed by atoms with E-state index in [1.54, 1.807) is 6.92 Å². The quantitative estimate of drug-likeness (QED) is 0.702. The molecule has 0 bridgehead atoms. The third-order valence-electron chi connectivity index (χ3n) is 3.27. The van der Waals surface area contributed by atoms with Crippen LogP contribution < -0.4 is 10.1 Å². The van der Waals surface area contributed by atoms with E-state index in [9.17, 15) is 4.79 Å². The fourth-order valence-corrected chi connectivity index (χ4v) is 2.62. The summed E-state index contributed by atoms with van der Waals surface area (Å²) in [6.07, 6.45) is -0.693. The average Bonchev–Trinajstić information content (AvgIpc) is 2.47. The number of nitrogens with one attached hydrogen (secondary N) is 1. The molecule has 0 saturated heterocycles. The largest absolute Gasteiger partial charge is 0.481 e. The standard InChI is InChI=1S/C17H16Cl3NO2/c1-9-4-5-16(10(2)6-9)23-11(3)17(22)21-15-8-13(19)12(18)7-14(15)20/h4-8,11H,1-3H3,(H,21,22)/t11-/m1/s1. The molecule has 0 unspecified atom stereocenters. The molecule has 0 heterocycles. The SMILES string of the molecule is Cc1ccc(O[C@H](C)C(=O)Nc2cc(Cl)c(Cl)cc2Cl)c(C)c1. The van der Waals surface area contributed by atoms with Crippen molar-refractivity contribution < 1.29 is 9.53 Å². The van der Waals surface area contributed by atoms with E-state index in [1.165, 1.54) is 12.1 Å². The van der Waals surface area contributed by atoms with E-state index >= 15 is 0 Å². The lowest BCUT2D eigenvalue weighted by atomic mass is 10.1. The maximum Gasteiger partial charge on any atom is 0.265 e. The smallest absolute Gasteiger partial charge is 0.265 e. The second-order valence-corrected chi connectivity index (χ2v) is 6.49. The Labute approximate surface area is 150 Å². The van der Waals surface area contributed by atoms with Crippen LogP contribution in [0.4, 0.5) is 5.69 Å². The van der Waals surface area contributed by atoms with E-state index in [1.807, 2.05) is 32.0 Å². The summed E-state index contributed by atoms with van der Waals surface area (Å²) in [5.74, 6) is 0.337. The first-order valence-corrected chi connectivity index (χ1v) is 8.10. The van der Waals surface area contributed by atoms with Gasteiger partial charge in [0.15, 0.2) is 6.10 Å². The fourth-order valence-electron chi connectivity index (χ4n) is 2.03. The van der Waals surface area contributed by atoms with E-state index in [0.717, 1.165) is 11.1 Å². The van der Waals surface area contributed by atoms with Crippen LogP contribution in [-0.2, 0) is 4.79 Å². The Balaban J connectivity index is 2.10. The topological polar surface area (TPSA) is 38.3 Å². The summed E-state index contributed by atoms with van der Waals surface area (Å²) < 4.78 is 5.71. The lowest BCUT2D eigenvalue weighted by Gasteiger charge is -2.17. The number of halogens is 3. The van der Waals surface area contributed by atoms with E-state index in [4.69, 9.17) is 39.5 Å². The summed E-state index contributed by atoms with van der Waals surface area (Å²) in [5.41, 5.74) is 2.49. The van der Waals surface area contributed by atoms with Crippen LogP contribution >= 0.6 is 34.8 Å². The van der Waals surface area contributed by atoms with Crippen LogP contribution in [0.3, 0.4) is 0 Å². The Morgan fingerprint density at radius 3 is 2.35 bits per heavy atom. The van der Waals surface area contributed by atoms with Crippen molar-refractivity contribution in [3.05, 3.63) is 56.5 Å². The van der Waals surface area contributed by atoms with Gasteiger partial charge in [-0.15, -0.1) is 0 Å². The van der Waals surface area contributed by atoms with Crippen molar-refractivity contribution in [1.82, 2.24) is 0 Å². The Hall–Kier alpha value is -1.42. The molecule has 23 heavy (non-hydrogen) atoms. The zero-order valence-electron chi connectivity index (χ0n) is 12.9. The minimum atomic E-state index is -0.693. The van der Waals surface area contributed by atoms with Crippen LogP contribution in [0, 0.1) is 13.8 Å². The molecular weight excluding hydrogens is 357 g/mol. The van der Waals surface area contributed by atoms with Crippen LogP contribution in [0.15, 0.2) is 30.3 Å². The molecule has 0 spiro atoms. The van der Waals surface area contributed by atoms with Crippen molar-refractivity contribution in [1.29, 1.82) is 0 Å². The van der Waals surface area contributed by atoms with E-state index in [0.29, 0.717) is 26.5 Å². The maximum absolute atomic E-state index is 12.3. The summed E-state index contributed by atoms with van der Waals surface area (Å²) in [5, 5.41) is 3.64. The normalized spacial score (nSPS) is 11.9. The number of carbonyl (C=O) groups is 1. The Kier molecular flexibility index (Phi) is 5.79. The summed E-state index contributed by atoms with van der Waals surface area (Å²) in [6, 6.07) is 8.77. The lowest BCUT2D eigenvalue weighted by molar-refractivity contribution is -0.122. The van der Waals surface area contributed by atoms with Crippen molar-refractivity contribution in [2.75, 3.05) is 5.32 Å². The molecule has 1 amide bonds. The zero-order valence-corrected chi connectivity index (χ0v) is 15.2.